The number of ether oxygens (including phenoxy) is 2. The van der Waals surface area contributed by atoms with Crippen molar-refractivity contribution in [3.8, 4) is 0 Å². The van der Waals surface area contributed by atoms with Crippen molar-refractivity contribution in [2.45, 2.75) is 50.7 Å². The monoisotopic (exact) mass is 516 g/mol. The number of fused-ring (bicyclic) bond motifs is 1. The lowest BCUT2D eigenvalue weighted by Gasteiger charge is -2.52. The fourth-order valence-corrected chi connectivity index (χ4v) is 7.14. The lowest BCUT2D eigenvalue weighted by molar-refractivity contribution is -0.167. The molecule has 36 heavy (non-hydrogen) atoms. The zero-order valence-electron chi connectivity index (χ0n) is 20.6. The number of nitrogens with zero attached hydrogens (tertiary/aromatic N) is 1. The van der Waals surface area contributed by atoms with Crippen LogP contribution in [0.4, 0.5) is 4.79 Å². The summed E-state index contributed by atoms with van der Waals surface area (Å²) in [6.07, 6.45) is -0.903. The Morgan fingerprint density at radius 2 is 1.67 bits per heavy atom. The van der Waals surface area contributed by atoms with Gasteiger partial charge in [-0.15, -0.1) is 0 Å². The molecule has 0 unspecified atom stereocenters. The molecule has 3 atom stereocenters. The van der Waals surface area contributed by atoms with Gasteiger partial charge < -0.3 is 23.4 Å². The first kappa shape index (κ1) is 26.4. The highest BCUT2D eigenvalue weighted by Gasteiger charge is 2.64. The molecule has 0 bridgehead atoms. The summed E-state index contributed by atoms with van der Waals surface area (Å²) in [5, 5.41) is 2.04. The summed E-state index contributed by atoms with van der Waals surface area (Å²) in [5.41, 5.74) is 1.80. The van der Waals surface area contributed by atoms with E-state index in [9.17, 15) is 14.2 Å². The number of rotatable bonds is 9. The first-order valence-corrected chi connectivity index (χ1v) is 13.8. The van der Waals surface area contributed by atoms with Gasteiger partial charge in [0.2, 0.25) is 0 Å². The van der Waals surface area contributed by atoms with Crippen molar-refractivity contribution in [2.75, 3.05) is 26.3 Å². The Labute approximate surface area is 211 Å². The van der Waals surface area contributed by atoms with E-state index in [2.05, 4.69) is 5.32 Å². The van der Waals surface area contributed by atoms with E-state index in [-0.39, 0.29) is 39.3 Å². The van der Waals surface area contributed by atoms with Crippen molar-refractivity contribution >= 4 is 19.7 Å². The number of likely N-dealkylation sites (tertiary alicyclic amines) is 1. The van der Waals surface area contributed by atoms with Crippen LogP contribution >= 0.6 is 7.60 Å². The quantitative estimate of drug-likeness (QED) is 0.392. The predicted octanol–water partition coefficient (Wildman–Crippen LogP) is 4.12. The summed E-state index contributed by atoms with van der Waals surface area (Å²) in [7, 11) is -3.80. The van der Waals surface area contributed by atoms with Gasteiger partial charge in [0.05, 0.1) is 19.8 Å². The number of nitrogens with one attached hydrogen (secondary N) is 1. The Morgan fingerprint density at radius 1 is 1.06 bits per heavy atom. The smallest absolute Gasteiger partial charge is 0.410 e. The first-order chi connectivity index (χ1) is 17.4. The highest BCUT2D eigenvalue weighted by atomic mass is 31.2. The number of amides is 1. The maximum absolute atomic E-state index is 14.2. The lowest BCUT2D eigenvalue weighted by atomic mass is 9.95. The molecule has 0 spiro atoms. The largest absolute Gasteiger partial charge is 0.457 e. The summed E-state index contributed by atoms with van der Waals surface area (Å²) in [5.74, 6) is -0.474. The molecule has 2 aliphatic rings. The van der Waals surface area contributed by atoms with Gasteiger partial charge in [-0.1, -0.05) is 60.7 Å². The van der Waals surface area contributed by atoms with Gasteiger partial charge in [0.25, 0.3) is 0 Å². The third kappa shape index (κ3) is 5.49. The molecular formula is C26H33N2O7P. The molecule has 2 saturated heterocycles. The molecule has 2 aromatic rings. The van der Waals surface area contributed by atoms with Crippen LogP contribution in [0.15, 0.2) is 60.7 Å². The molecule has 1 amide bonds. The van der Waals surface area contributed by atoms with Crippen LogP contribution < -0.4 is 5.32 Å². The standard InChI is InChI=1S/C26H33N2O7P/c1-3-33-36(31,34-4-2)26-15-16-28(25(30)32-19-21-13-9-6-10-14-21)18-23(26)35-24(29)22(27-26)17-20-11-7-5-8-12-20/h5-14,22-23,27H,3-4,15-19H2,1-2H3/t22-,23-,26-/m0/s1. The van der Waals surface area contributed by atoms with E-state index in [1.165, 1.54) is 4.90 Å². The zero-order chi connectivity index (χ0) is 25.6. The number of hydrogen-bond acceptors (Lipinski definition) is 8. The fraction of sp³-hybridized carbons (Fsp3) is 0.462. The third-order valence-corrected chi connectivity index (χ3v) is 9.30. The molecule has 0 aliphatic carbocycles. The fourth-order valence-electron chi connectivity index (χ4n) is 4.75. The van der Waals surface area contributed by atoms with E-state index >= 15 is 0 Å². The van der Waals surface area contributed by atoms with Crippen molar-refractivity contribution in [3.63, 3.8) is 0 Å². The van der Waals surface area contributed by atoms with E-state index in [4.69, 9.17) is 18.5 Å². The van der Waals surface area contributed by atoms with Crippen LogP contribution in [0, 0.1) is 0 Å². The Balaban J connectivity index is 1.56. The number of benzene rings is 2. The predicted molar refractivity (Wildman–Crippen MR) is 133 cm³/mol. The van der Waals surface area contributed by atoms with E-state index in [1.807, 2.05) is 60.7 Å². The van der Waals surface area contributed by atoms with Crippen LogP contribution in [-0.4, -0.2) is 60.7 Å². The first-order valence-electron chi connectivity index (χ1n) is 12.3. The molecule has 194 valence electrons. The second-order valence-corrected chi connectivity index (χ2v) is 11.1. The second kappa shape index (κ2) is 11.6. The molecule has 0 aromatic heterocycles. The van der Waals surface area contributed by atoms with Crippen LogP contribution in [0.3, 0.4) is 0 Å². The Hall–Kier alpha value is -2.71. The average molecular weight is 517 g/mol. The lowest BCUT2D eigenvalue weighted by Crippen LogP contribution is -2.71. The molecule has 1 N–H and O–H groups in total. The van der Waals surface area contributed by atoms with Gasteiger partial charge in [0.15, 0.2) is 5.28 Å². The molecule has 2 heterocycles. The minimum absolute atomic E-state index is 0.00849. The number of carbonyl (C=O) groups excluding carboxylic acids is 2. The Kier molecular flexibility index (Phi) is 8.46. The maximum atomic E-state index is 14.2. The third-order valence-electron chi connectivity index (χ3n) is 6.48. The van der Waals surface area contributed by atoms with Crippen LogP contribution in [0.2, 0.25) is 0 Å². The molecule has 4 rings (SSSR count). The summed E-state index contributed by atoms with van der Waals surface area (Å²) >= 11 is 0. The van der Waals surface area contributed by atoms with Gasteiger partial charge in [0, 0.05) is 6.54 Å². The topological polar surface area (TPSA) is 103 Å². The van der Waals surface area contributed by atoms with Crippen LogP contribution in [0.5, 0.6) is 0 Å². The molecule has 2 aromatic carbocycles. The molecular weight excluding hydrogens is 483 g/mol. The molecule has 9 nitrogen and oxygen atoms in total. The van der Waals surface area contributed by atoms with Crippen LogP contribution in [0.25, 0.3) is 0 Å². The number of carbonyl (C=O) groups is 2. The molecule has 10 heteroatoms. The normalized spacial score (nSPS) is 24.1. The van der Waals surface area contributed by atoms with Gasteiger partial charge in [-0.25, -0.2) is 4.79 Å². The van der Waals surface area contributed by atoms with Crippen LogP contribution in [0.1, 0.15) is 31.4 Å². The summed E-state index contributed by atoms with van der Waals surface area (Å²) < 4.78 is 37.0. The molecule has 0 radical (unpaired) electrons. The molecule has 0 saturated carbocycles. The van der Waals surface area contributed by atoms with Crippen molar-refractivity contribution in [1.29, 1.82) is 0 Å². The van der Waals surface area contributed by atoms with Crippen molar-refractivity contribution < 1.29 is 32.7 Å². The van der Waals surface area contributed by atoms with Crippen molar-refractivity contribution in [2.24, 2.45) is 0 Å². The van der Waals surface area contributed by atoms with E-state index in [0.29, 0.717) is 6.42 Å². The maximum Gasteiger partial charge on any atom is 0.410 e. The zero-order valence-corrected chi connectivity index (χ0v) is 21.5. The van der Waals surface area contributed by atoms with Gasteiger partial charge in [-0.2, -0.15) is 0 Å². The number of esters is 1. The van der Waals surface area contributed by atoms with Crippen molar-refractivity contribution in [1.82, 2.24) is 10.2 Å². The van der Waals surface area contributed by atoms with Crippen LogP contribution in [-0.2, 0) is 40.9 Å². The molecule has 2 aliphatic heterocycles. The number of piperidine rings is 1. The van der Waals surface area contributed by atoms with E-state index < -0.39 is 37.1 Å². The van der Waals surface area contributed by atoms with Gasteiger partial charge in [-0.05, 0) is 37.8 Å². The van der Waals surface area contributed by atoms with Gasteiger partial charge in [0.1, 0.15) is 18.8 Å². The van der Waals surface area contributed by atoms with Gasteiger partial charge in [-0.3, -0.25) is 14.7 Å². The Bertz CT molecular complexity index is 1070. The second-order valence-electron chi connectivity index (χ2n) is 8.81. The minimum Gasteiger partial charge on any atom is -0.457 e. The molecule has 2 fully saturated rings. The highest BCUT2D eigenvalue weighted by Crippen LogP contribution is 2.64. The summed E-state index contributed by atoms with van der Waals surface area (Å²) in [6.45, 7) is 4.17. The highest BCUT2D eigenvalue weighted by molar-refractivity contribution is 7.55. The SMILES string of the molecule is CCOP(=O)(OCC)[C@@]12CCN(C(=O)OCc3ccccc3)C[C@@H]1OC(=O)[C@H](Cc1ccccc1)N2. The minimum atomic E-state index is -3.80. The summed E-state index contributed by atoms with van der Waals surface area (Å²) in [4.78, 5) is 27.4. The number of hydrogen-bond donors (Lipinski definition) is 1. The van der Waals surface area contributed by atoms with Crippen molar-refractivity contribution in [3.05, 3.63) is 71.8 Å². The summed E-state index contributed by atoms with van der Waals surface area (Å²) in [6, 6.07) is 18.2. The number of morpholine rings is 1. The van der Waals surface area contributed by atoms with Gasteiger partial charge >= 0.3 is 19.7 Å². The Morgan fingerprint density at radius 3 is 2.28 bits per heavy atom. The van der Waals surface area contributed by atoms with E-state index in [0.717, 1.165) is 11.1 Å². The average Bonchev–Trinajstić information content (AvgIpc) is 2.89. The van der Waals surface area contributed by atoms with E-state index in [1.54, 1.807) is 13.8 Å².